The third-order valence-corrected chi connectivity index (χ3v) is 5.86. The summed E-state index contributed by atoms with van der Waals surface area (Å²) in [6.45, 7) is 8.40. The first-order valence-corrected chi connectivity index (χ1v) is 9.21. The standard InChI is InChI=1S/C18H26N2OS/c1-18(2)6-3-10-20(11-7-18)17(21)15-12-16(22-13-15)14-4-8-19-9-5-14/h4,12-13,19H,3,5-11H2,1-2H3. The van der Waals surface area contributed by atoms with Crippen LogP contribution >= 0.6 is 11.3 Å². The maximum Gasteiger partial charge on any atom is 0.254 e. The van der Waals surface area contributed by atoms with Crippen molar-refractivity contribution >= 4 is 22.8 Å². The van der Waals surface area contributed by atoms with Gasteiger partial charge in [0.05, 0.1) is 5.56 Å². The number of carbonyl (C=O) groups is 1. The van der Waals surface area contributed by atoms with Crippen molar-refractivity contribution in [2.75, 3.05) is 26.2 Å². The van der Waals surface area contributed by atoms with Crippen molar-refractivity contribution in [3.8, 4) is 0 Å². The minimum Gasteiger partial charge on any atom is -0.339 e. The van der Waals surface area contributed by atoms with Crippen LogP contribution in [0.25, 0.3) is 5.57 Å². The van der Waals surface area contributed by atoms with E-state index in [1.54, 1.807) is 11.3 Å². The molecule has 120 valence electrons. The molecule has 3 heterocycles. The number of nitrogens with zero attached hydrogens (tertiary/aromatic N) is 1. The average molecular weight is 318 g/mol. The first kappa shape index (κ1) is 15.8. The van der Waals surface area contributed by atoms with Gasteiger partial charge in [0, 0.05) is 29.9 Å². The van der Waals surface area contributed by atoms with Gasteiger partial charge in [0.15, 0.2) is 0 Å². The second-order valence-electron chi connectivity index (χ2n) is 7.19. The van der Waals surface area contributed by atoms with Gasteiger partial charge in [-0.2, -0.15) is 0 Å². The van der Waals surface area contributed by atoms with Crippen molar-refractivity contribution in [3.05, 3.63) is 28.0 Å². The quantitative estimate of drug-likeness (QED) is 0.900. The number of amides is 1. The zero-order valence-electron chi connectivity index (χ0n) is 13.7. The molecule has 1 amide bonds. The highest BCUT2D eigenvalue weighted by Gasteiger charge is 2.26. The molecule has 1 saturated heterocycles. The van der Waals surface area contributed by atoms with E-state index in [-0.39, 0.29) is 5.91 Å². The molecular weight excluding hydrogens is 292 g/mol. The fourth-order valence-electron chi connectivity index (χ4n) is 3.27. The molecule has 3 rings (SSSR count). The lowest BCUT2D eigenvalue weighted by Gasteiger charge is -2.23. The van der Waals surface area contributed by atoms with E-state index in [4.69, 9.17) is 0 Å². The normalized spacial score (nSPS) is 22.1. The summed E-state index contributed by atoms with van der Waals surface area (Å²) >= 11 is 1.71. The molecule has 0 saturated carbocycles. The Balaban J connectivity index is 1.70. The lowest BCUT2D eigenvalue weighted by Crippen LogP contribution is -2.32. The number of hydrogen-bond donors (Lipinski definition) is 1. The van der Waals surface area contributed by atoms with Crippen LogP contribution in [-0.4, -0.2) is 37.0 Å². The number of nitrogens with one attached hydrogen (secondary N) is 1. The van der Waals surface area contributed by atoms with Crippen molar-refractivity contribution in [3.63, 3.8) is 0 Å². The van der Waals surface area contributed by atoms with E-state index in [2.05, 4.69) is 36.2 Å². The van der Waals surface area contributed by atoms with Crippen LogP contribution < -0.4 is 5.32 Å². The van der Waals surface area contributed by atoms with Gasteiger partial charge < -0.3 is 10.2 Å². The predicted molar refractivity (Wildman–Crippen MR) is 93.3 cm³/mol. The van der Waals surface area contributed by atoms with Gasteiger partial charge in [-0.1, -0.05) is 19.9 Å². The van der Waals surface area contributed by atoms with Gasteiger partial charge in [-0.25, -0.2) is 0 Å². The van der Waals surface area contributed by atoms with Crippen LogP contribution in [0.3, 0.4) is 0 Å². The Morgan fingerprint density at radius 1 is 1.32 bits per heavy atom. The van der Waals surface area contributed by atoms with Gasteiger partial charge in [0.1, 0.15) is 0 Å². The van der Waals surface area contributed by atoms with E-state index in [9.17, 15) is 4.79 Å². The van der Waals surface area contributed by atoms with Crippen molar-refractivity contribution in [1.82, 2.24) is 10.2 Å². The van der Waals surface area contributed by atoms with Crippen LogP contribution in [0, 0.1) is 5.41 Å². The maximum absolute atomic E-state index is 12.8. The Labute approximate surface area is 137 Å². The largest absolute Gasteiger partial charge is 0.339 e. The number of hydrogen-bond acceptors (Lipinski definition) is 3. The predicted octanol–water partition coefficient (Wildman–Crippen LogP) is 3.78. The Hall–Kier alpha value is -1.13. The number of rotatable bonds is 2. The smallest absolute Gasteiger partial charge is 0.254 e. The average Bonchev–Trinajstić information content (AvgIpc) is 2.93. The summed E-state index contributed by atoms with van der Waals surface area (Å²) in [5.74, 6) is 0.217. The van der Waals surface area contributed by atoms with Gasteiger partial charge >= 0.3 is 0 Å². The van der Waals surface area contributed by atoms with Gasteiger partial charge in [-0.05, 0) is 49.3 Å². The Morgan fingerprint density at radius 3 is 2.95 bits per heavy atom. The summed E-state index contributed by atoms with van der Waals surface area (Å²) in [6.07, 6.45) is 6.74. The summed E-state index contributed by atoms with van der Waals surface area (Å²) in [4.78, 5) is 16.1. The molecule has 2 aliphatic heterocycles. The third-order valence-electron chi connectivity index (χ3n) is 4.85. The van der Waals surface area contributed by atoms with Gasteiger partial charge in [-0.3, -0.25) is 4.79 Å². The number of thiophene rings is 1. The maximum atomic E-state index is 12.8. The van der Waals surface area contributed by atoms with Gasteiger partial charge in [0.25, 0.3) is 5.91 Å². The zero-order chi connectivity index (χ0) is 15.6. The van der Waals surface area contributed by atoms with Crippen LogP contribution in [0.5, 0.6) is 0 Å². The monoisotopic (exact) mass is 318 g/mol. The molecule has 22 heavy (non-hydrogen) atoms. The highest BCUT2D eigenvalue weighted by Crippen LogP contribution is 2.31. The van der Waals surface area contributed by atoms with E-state index in [0.717, 1.165) is 51.0 Å². The van der Waals surface area contributed by atoms with Crippen LogP contribution in [-0.2, 0) is 0 Å². The Kier molecular flexibility index (Phi) is 4.69. The molecule has 1 aromatic heterocycles. The van der Waals surface area contributed by atoms with E-state index >= 15 is 0 Å². The molecule has 0 unspecified atom stereocenters. The minimum absolute atomic E-state index is 0.217. The van der Waals surface area contributed by atoms with Crippen LogP contribution in [0.15, 0.2) is 17.5 Å². The first-order valence-electron chi connectivity index (χ1n) is 8.33. The molecule has 1 fully saturated rings. The molecule has 0 aromatic carbocycles. The van der Waals surface area contributed by atoms with Crippen molar-refractivity contribution < 1.29 is 4.79 Å². The summed E-state index contributed by atoms with van der Waals surface area (Å²) in [7, 11) is 0. The second-order valence-corrected chi connectivity index (χ2v) is 8.10. The molecule has 3 nitrogen and oxygen atoms in total. The molecule has 1 aromatic rings. The summed E-state index contributed by atoms with van der Waals surface area (Å²) < 4.78 is 0. The van der Waals surface area contributed by atoms with Crippen LogP contribution in [0.1, 0.15) is 54.8 Å². The van der Waals surface area contributed by atoms with Crippen LogP contribution in [0.2, 0.25) is 0 Å². The highest BCUT2D eigenvalue weighted by molar-refractivity contribution is 7.11. The molecule has 4 heteroatoms. The molecule has 0 spiro atoms. The Bertz CT molecular complexity index is 573. The molecule has 2 aliphatic rings. The summed E-state index contributed by atoms with van der Waals surface area (Å²) in [5.41, 5.74) is 2.63. The fourth-order valence-corrected chi connectivity index (χ4v) is 4.23. The van der Waals surface area contributed by atoms with E-state index < -0.39 is 0 Å². The fraction of sp³-hybridized carbons (Fsp3) is 0.611. The summed E-state index contributed by atoms with van der Waals surface area (Å²) in [6, 6.07) is 2.10. The van der Waals surface area contributed by atoms with Gasteiger partial charge in [-0.15, -0.1) is 11.3 Å². The second kappa shape index (κ2) is 6.55. The summed E-state index contributed by atoms with van der Waals surface area (Å²) in [5, 5.41) is 5.37. The molecule has 0 radical (unpaired) electrons. The van der Waals surface area contributed by atoms with Crippen molar-refractivity contribution in [1.29, 1.82) is 0 Å². The third kappa shape index (κ3) is 3.61. The molecule has 0 atom stereocenters. The van der Waals surface area contributed by atoms with E-state index in [0.29, 0.717) is 5.41 Å². The van der Waals surface area contributed by atoms with E-state index in [1.165, 1.54) is 16.9 Å². The SMILES string of the molecule is CC1(C)CCCN(C(=O)c2csc(C3=CCNCC3)c2)CC1. The minimum atomic E-state index is 0.217. The zero-order valence-corrected chi connectivity index (χ0v) is 14.5. The van der Waals surface area contributed by atoms with Gasteiger partial charge in [0.2, 0.25) is 0 Å². The highest BCUT2D eigenvalue weighted by atomic mass is 32.1. The molecule has 0 aliphatic carbocycles. The lowest BCUT2D eigenvalue weighted by atomic mass is 9.85. The van der Waals surface area contributed by atoms with Crippen molar-refractivity contribution in [2.24, 2.45) is 5.41 Å². The van der Waals surface area contributed by atoms with Crippen LogP contribution in [0.4, 0.5) is 0 Å². The molecular formula is C18H26N2OS. The number of carbonyl (C=O) groups excluding carboxylic acids is 1. The van der Waals surface area contributed by atoms with Crippen molar-refractivity contribution in [2.45, 2.75) is 39.5 Å². The topological polar surface area (TPSA) is 32.3 Å². The molecule has 0 bridgehead atoms. The number of likely N-dealkylation sites (tertiary alicyclic amines) is 1. The first-order chi connectivity index (χ1) is 10.6. The van der Waals surface area contributed by atoms with E-state index in [1.807, 2.05) is 5.38 Å². The lowest BCUT2D eigenvalue weighted by molar-refractivity contribution is 0.0758. The molecule has 1 N–H and O–H groups in total. The Morgan fingerprint density at radius 2 is 2.18 bits per heavy atom.